The smallest absolute Gasteiger partial charge is 0.331 e. The van der Waals surface area contributed by atoms with Crippen LogP contribution in [0.15, 0.2) is 42.5 Å². The van der Waals surface area contributed by atoms with Crippen LogP contribution in [-0.2, 0) is 9.53 Å². The quantitative estimate of drug-likeness (QED) is 0.494. The highest BCUT2D eigenvalue weighted by atomic mass is 16.5. The van der Waals surface area contributed by atoms with Crippen LogP contribution in [0.5, 0.6) is 23.0 Å². The van der Waals surface area contributed by atoms with E-state index in [0.717, 1.165) is 36.9 Å². The molecule has 0 aromatic heterocycles. The molecule has 2 aliphatic heterocycles. The monoisotopic (exact) mass is 453 g/mol. The Morgan fingerprint density at radius 1 is 1.00 bits per heavy atom. The first-order valence-corrected chi connectivity index (χ1v) is 11.4. The van der Waals surface area contributed by atoms with Crippen molar-refractivity contribution in [3.63, 3.8) is 0 Å². The Labute approximate surface area is 194 Å². The second-order valence-corrected chi connectivity index (χ2v) is 8.63. The molecule has 33 heavy (non-hydrogen) atoms. The number of fused-ring (bicyclic) bond motifs is 1. The molecule has 7 nitrogen and oxygen atoms in total. The van der Waals surface area contributed by atoms with E-state index in [2.05, 4.69) is 4.90 Å². The van der Waals surface area contributed by atoms with Crippen molar-refractivity contribution in [3.8, 4) is 23.0 Å². The fourth-order valence-corrected chi connectivity index (χ4v) is 4.97. The molecular formula is C26H31NO6. The number of ether oxygens (including phenoxy) is 3. The van der Waals surface area contributed by atoms with Gasteiger partial charge in [0.2, 0.25) is 0 Å². The van der Waals surface area contributed by atoms with Gasteiger partial charge in [0.05, 0.1) is 14.2 Å². The molecule has 0 amide bonds. The van der Waals surface area contributed by atoms with Gasteiger partial charge in [0.15, 0.2) is 23.0 Å². The summed E-state index contributed by atoms with van der Waals surface area (Å²) in [6.45, 7) is 1.01. The van der Waals surface area contributed by atoms with Gasteiger partial charge in [0, 0.05) is 31.0 Å². The Balaban J connectivity index is 1.47. The molecule has 3 atom stereocenters. The summed E-state index contributed by atoms with van der Waals surface area (Å²) in [7, 11) is 3.01. The van der Waals surface area contributed by atoms with Gasteiger partial charge >= 0.3 is 5.97 Å². The van der Waals surface area contributed by atoms with Crippen LogP contribution in [0.4, 0.5) is 0 Å². The highest BCUT2D eigenvalue weighted by Gasteiger charge is 2.39. The van der Waals surface area contributed by atoms with Crippen LogP contribution in [0.25, 0.3) is 6.08 Å². The average Bonchev–Trinajstić information content (AvgIpc) is 2.83. The largest absolute Gasteiger partial charge is 0.504 e. The fourth-order valence-electron chi connectivity index (χ4n) is 4.97. The number of rotatable bonds is 6. The molecule has 0 unspecified atom stereocenters. The first-order chi connectivity index (χ1) is 16.0. The lowest BCUT2D eigenvalue weighted by atomic mass is 9.84. The minimum Gasteiger partial charge on any atom is -0.504 e. The summed E-state index contributed by atoms with van der Waals surface area (Å²) in [4.78, 5) is 15.1. The number of aromatic hydroxyl groups is 2. The van der Waals surface area contributed by atoms with Crippen LogP contribution in [0, 0.1) is 0 Å². The van der Waals surface area contributed by atoms with Crippen molar-refractivity contribution in [3.05, 3.63) is 53.6 Å². The van der Waals surface area contributed by atoms with Crippen molar-refractivity contribution < 1.29 is 29.2 Å². The Bertz CT molecular complexity index is 1020. The van der Waals surface area contributed by atoms with Crippen LogP contribution in [0.2, 0.25) is 0 Å². The predicted molar refractivity (Wildman–Crippen MR) is 125 cm³/mol. The third-order valence-electron chi connectivity index (χ3n) is 6.58. The number of carbonyl (C=O) groups excluding carboxylic acids is 1. The van der Waals surface area contributed by atoms with Crippen LogP contribution in [-0.4, -0.2) is 54.0 Å². The van der Waals surface area contributed by atoms with Crippen molar-refractivity contribution >= 4 is 12.0 Å². The zero-order valence-corrected chi connectivity index (χ0v) is 19.1. The molecule has 0 spiro atoms. The van der Waals surface area contributed by atoms with Crippen LogP contribution in [0.1, 0.15) is 49.3 Å². The van der Waals surface area contributed by atoms with Gasteiger partial charge < -0.3 is 24.4 Å². The van der Waals surface area contributed by atoms with Gasteiger partial charge in [-0.05, 0) is 60.9 Å². The van der Waals surface area contributed by atoms with E-state index in [1.807, 2.05) is 6.07 Å². The number of phenols is 2. The van der Waals surface area contributed by atoms with Crippen LogP contribution >= 0.6 is 0 Å². The Hall–Kier alpha value is -3.19. The van der Waals surface area contributed by atoms with Gasteiger partial charge in [0.25, 0.3) is 0 Å². The molecule has 0 saturated carbocycles. The number of hydrogen-bond donors (Lipinski definition) is 2. The van der Waals surface area contributed by atoms with Crippen molar-refractivity contribution in [1.29, 1.82) is 0 Å². The van der Waals surface area contributed by atoms with Crippen molar-refractivity contribution in [1.82, 2.24) is 4.90 Å². The molecule has 0 aliphatic carbocycles. The van der Waals surface area contributed by atoms with E-state index in [4.69, 9.17) is 14.2 Å². The number of benzene rings is 2. The van der Waals surface area contributed by atoms with Crippen LogP contribution < -0.4 is 9.47 Å². The van der Waals surface area contributed by atoms with E-state index >= 15 is 0 Å². The Morgan fingerprint density at radius 2 is 1.82 bits per heavy atom. The maximum atomic E-state index is 12.6. The average molecular weight is 454 g/mol. The minimum absolute atomic E-state index is 0.0482. The van der Waals surface area contributed by atoms with E-state index in [-0.39, 0.29) is 23.6 Å². The van der Waals surface area contributed by atoms with E-state index in [1.165, 1.54) is 32.8 Å². The predicted octanol–water partition coefficient (Wildman–Crippen LogP) is 4.43. The molecule has 2 aromatic carbocycles. The molecule has 7 heteroatoms. The first-order valence-electron chi connectivity index (χ1n) is 11.4. The van der Waals surface area contributed by atoms with E-state index in [1.54, 1.807) is 30.3 Å². The highest BCUT2D eigenvalue weighted by molar-refractivity contribution is 5.87. The molecule has 2 aliphatic rings. The van der Waals surface area contributed by atoms with Gasteiger partial charge in [-0.15, -0.1) is 0 Å². The van der Waals surface area contributed by atoms with Gasteiger partial charge in [-0.3, -0.25) is 4.90 Å². The summed E-state index contributed by atoms with van der Waals surface area (Å²) < 4.78 is 16.1. The fraction of sp³-hybridized carbons (Fsp3) is 0.423. The number of nitrogens with zero attached hydrogens (tertiary/aromatic N) is 1. The standard InChI is InChI=1S/C26H31NO6/c1-31-24-10-8-18(14-23(24)29)21-16-20(15-19-5-3-4-12-27(19)21)33-26(30)11-7-17-6-9-22(28)25(13-17)32-2/h6-11,13-14,19-21,28-29H,3-5,12,15-16H2,1-2H3/b11-7+/t19-,20-,21-/m0/s1. The van der Waals surface area contributed by atoms with Crippen molar-refractivity contribution in [2.24, 2.45) is 0 Å². The topological polar surface area (TPSA) is 88.5 Å². The molecule has 2 N–H and O–H groups in total. The molecule has 2 saturated heterocycles. The maximum Gasteiger partial charge on any atom is 0.331 e. The molecule has 2 heterocycles. The number of phenolic OH excluding ortho intramolecular Hbond substituents is 2. The number of methoxy groups -OCH3 is 2. The van der Waals surface area contributed by atoms with E-state index in [0.29, 0.717) is 24.0 Å². The van der Waals surface area contributed by atoms with Gasteiger partial charge in [-0.25, -0.2) is 4.79 Å². The molecule has 176 valence electrons. The molecule has 0 radical (unpaired) electrons. The molecule has 4 rings (SSSR count). The Kier molecular flexibility index (Phi) is 7.08. The maximum absolute atomic E-state index is 12.6. The number of carbonyl (C=O) groups is 1. The zero-order chi connectivity index (χ0) is 23.4. The zero-order valence-electron chi connectivity index (χ0n) is 19.1. The summed E-state index contributed by atoms with van der Waals surface area (Å²) in [5, 5.41) is 20.0. The third-order valence-corrected chi connectivity index (χ3v) is 6.58. The third kappa shape index (κ3) is 5.25. The highest BCUT2D eigenvalue weighted by Crippen LogP contribution is 2.41. The molecule has 2 fully saturated rings. The normalized spacial score (nSPS) is 23.2. The van der Waals surface area contributed by atoms with E-state index in [9.17, 15) is 15.0 Å². The number of esters is 1. The van der Waals surface area contributed by atoms with Gasteiger partial charge in [-0.1, -0.05) is 18.6 Å². The summed E-state index contributed by atoms with van der Waals surface area (Å²) >= 11 is 0. The van der Waals surface area contributed by atoms with Crippen molar-refractivity contribution in [2.45, 2.75) is 50.3 Å². The summed E-state index contributed by atoms with van der Waals surface area (Å²) in [5.41, 5.74) is 1.74. The second-order valence-electron chi connectivity index (χ2n) is 8.63. The lowest BCUT2D eigenvalue weighted by Crippen LogP contribution is -2.49. The summed E-state index contributed by atoms with van der Waals surface area (Å²) in [6, 6.07) is 10.8. The molecule has 0 bridgehead atoms. The first kappa shape index (κ1) is 23.0. The minimum atomic E-state index is -0.396. The second kappa shape index (κ2) is 10.2. The van der Waals surface area contributed by atoms with Gasteiger partial charge in [0.1, 0.15) is 6.10 Å². The Morgan fingerprint density at radius 3 is 2.58 bits per heavy atom. The van der Waals surface area contributed by atoms with Crippen molar-refractivity contribution in [2.75, 3.05) is 20.8 Å². The number of hydrogen-bond acceptors (Lipinski definition) is 7. The number of piperidine rings is 2. The molecule has 2 aromatic rings. The summed E-state index contributed by atoms with van der Waals surface area (Å²) in [5.74, 6) is 0.569. The SMILES string of the molecule is COc1ccc([C@@H]2C[C@@H](OC(=O)/C=C/c3ccc(O)c(OC)c3)C[C@@H]3CCCCN32)cc1O. The lowest BCUT2D eigenvalue weighted by Gasteiger charge is -2.47. The lowest BCUT2D eigenvalue weighted by molar-refractivity contribution is -0.148. The summed E-state index contributed by atoms with van der Waals surface area (Å²) in [6.07, 6.45) is 7.75. The van der Waals surface area contributed by atoms with E-state index < -0.39 is 5.97 Å². The molecular weight excluding hydrogens is 422 g/mol. The van der Waals surface area contributed by atoms with Gasteiger partial charge in [-0.2, -0.15) is 0 Å². The van der Waals surface area contributed by atoms with Crippen LogP contribution in [0.3, 0.4) is 0 Å².